The summed E-state index contributed by atoms with van der Waals surface area (Å²) in [6.45, 7) is 2.22. The van der Waals surface area contributed by atoms with E-state index >= 15 is 0 Å². The summed E-state index contributed by atoms with van der Waals surface area (Å²) in [5, 5.41) is 0. The first-order chi connectivity index (χ1) is 6.70. The maximum Gasteiger partial charge on any atom is 0.229 e. The number of nitrogens with two attached hydrogens (primary N) is 1. The highest BCUT2D eigenvalue weighted by Gasteiger charge is 2.11. The largest absolute Gasteiger partial charge is 0.457 e. The number of oxazole rings is 1. The second kappa shape index (κ2) is 3.59. The van der Waals surface area contributed by atoms with E-state index in [1.807, 2.05) is 6.92 Å². The molecule has 0 aromatic carbocycles. The lowest BCUT2D eigenvalue weighted by Gasteiger charge is -1.87. The van der Waals surface area contributed by atoms with Crippen LogP contribution < -0.4 is 5.73 Å². The van der Waals surface area contributed by atoms with Crippen molar-refractivity contribution in [3.05, 3.63) is 28.5 Å². The first-order valence-electron chi connectivity index (χ1n) is 4.11. The van der Waals surface area contributed by atoms with Crippen LogP contribution in [0.5, 0.6) is 0 Å². The van der Waals surface area contributed by atoms with Gasteiger partial charge in [-0.25, -0.2) is 4.98 Å². The number of halogens is 1. The van der Waals surface area contributed by atoms with E-state index in [-0.39, 0.29) is 0 Å². The van der Waals surface area contributed by atoms with E-state index in [9.17, 15) is 0 Å². The summed E-state index contributed by atoms with van der Waals surface area (Å²) in [4.78, 5) is 4.24. The van der Waals surface area contributed by atoms with Crippen LogP contribution in [-0.2, 0) is 6.54 Å². The average molecular weight is 257 g/mol. The molecule has 0 bridgehead atoms. The highest BCUT2D eigenvalue weighted by atomic mass is 79.9. The average Bonchev–Trinajstić information content (AvgIpc) is 2.71. The van der Waals surface area contributed by atoms with Crippen LogP contribution in [0.15, 0.2) is 25.8 Å². The number of hydrogen-bond acceptors (Lipinski definition) is 4. The summed E-state index contributed by atoms with van der Waals surface area (Å²) in [6.07, 6.45) is 1.58. The summed E-state index contributed by atoms with van der Waals surface area (Å²) in [5.74, 6) is 1.25. The standard InChI is InChI=1S/C9H9BrN2O2/c1-5-7(3-11)14-9(12-5)6-2-8(10)13-4-6/h2,4H,3,11H2,1H3. The molecule has 0 saturated carbocycles. The third-order valence-corrected chi connectivity index (χ3v) is 2.31. The van der Waals surface area contributed by atoms with E-state index in [2.05, 4.69) is 20.9 Å². The van der Waals surface area contributed by atoms with Crippen molar-refractivity contribution in [2.75, 3.05) is 0 Å². The molecule has 0 saturated heterocycles. The van der Waals surface area contributed by atoms with E-state index in [0.717, 1.165) is 11.3 Å². The lowest BCUT2D eigenvalue weighted by molar-refractivity contribution is 0.514. The van der Waals surface area contributed by atoms with Gasteiger partial charge in [-0.3, -0.25) is 0 Å². The van der Waals surface area contributed by atoms with Gasteiger partial charge in [-0.1, -0.05) is 0 Å². The Morgan fingerprint density at radius 3 is 2.86 bits per heavy atom. The fourth-order valence-corrected chi connectivity index (χ4v) is 1.50. The number of hydrogen-bond donors (Lipinski definition) is 1. The molecule has 5 heteroatoms. The molecule has 2 N–H and O–H groups in total. The zero-order chi connectivity index (χ0) is 10.1. The molecule has 74 valence electrons. The van der Waals surface area contributed by atoms with Crippen LogP contribution in [-0.4, -0.2) is 4.98 Å². The zero-order valence-electron chi connectivity index (χ0n) is 7.58. The molecule has 0 aliphatic carbocycles. The Balaban J connectivity index is 2.42. The zero-order valence-corrected chi connectivity index (χ0v) is 9.17. The van der Waals surface area contributed by atoms with Gasteiger partial charge < -0.3 is 14.6 Å². The van der Waals surface area contributed by atoms with Gasteiger partial charge in [0.25, 0.3) is 0 Å². The van der Waals surface area contributed by atoms with Crippen molar-refractivity contribution in [2.45, 2.75) is 13.5 Å². The number of aryl methyl sites for hydroxylation is 1. The highest BCUT2D eigenvalue weighted by molar-refractivity contribution is 9.10. The van der Waals surface area contributed by atoms with Gasteiger partial charge in [0.15, 0.2) is 4.67 Å². The van der Waals surface area contributed by atoms with E-state index in [1.165, 1.54) is 0 Å². The summed E-state index contributed by atoms with van der Waals surface area (Å²) >= 11 is 3.21. The molecule has 2 rings (SSSR count). The molecular weight excluding hydrogens is 248 g/mol. The Bertz CT molecular complexity index is 447. The quantitative estimate of drug-likeness (QED) is 0.897. The number of rotatable bonds is 2. The van der Waals surface area contributed by atoms with Crippen molar-refractivity contribution in [3.8, 4) is 11.5 Å². The topological polar surface area (TPSA) is 65.2 Å². The Morgan fingerprint density at radius 2 is 2.36 bits per heavy atom. The normalized spacial score (nSPS) is 10.8. The molecule has 0 aliphatic rings. The van der Waals surface area contributed by atoms with Gasteiger partial charge in [-0.05, 0) is 22.9 Å². The number of aromatic nitrogens is 1. The summed E-state index contributed by atoms with van der Waals surface area (Å²) in [5.41, 5.74) is 7.11. The van der Waals surface area contributed by atoms with Crippen LogP contribution in [0.4, 0.5) is 0 Å². The summed E-state index contributed by atoms with van der Waals surface area (Å²) in [6, 6.07) is 1.80. The van der Waals surface area contributed by atoms with Crippen molar-refractivity contribution in [2.24, 2.45) is 5.73 Å². The van der Waals surface area contributed by atoms with Gasteiger partial charge in [-0.15, -0.1) is 0 Å². The second-order valence-corrected chi connectivity index (χ2v) is 3.65. The lowest BCUT2D eigenvalue weighted by atomic mass is 10.3. The minimum Gasteiger partial charge on any atom is -0.457 e. The van der Waals surface area contributed by atoms with Crippen molar-refractivity contribution >= 4 is 15.9 Å². The molecule has 2 aromatic heterocycles. The van der Waals surface area contributed by atoms with Crippen LogP contribution in [0, 0.1) is 6.92 Å². The van der Waals surface area contributed by atoms with Gasteiger partial charge >= 0.3 is 0 Å². The molecule has 0 amide bonds. The molecule has 0 aliphatic heterocycles. The summed E-state index contributed by atoms with van der Waals surface area (Å²) in [7, 11) is 0. The van der Waals surface area contributed by atoms with Crippen molar-refractivity contribution < 1.29 is 8.83 Å². The van der Waals surface area contributed by atoms with Gasteiger partial charge in [0, 0.05) is 6.07 Å². The molecule has 14 heavy (non-hydrogen) atoms. The van der Waals surface area contributed by atoms with Gasteiger partial charge in [-0.2, -0.15) is 0 Å². The smallest absolute Gasteiger partial charge is 0.229 e. The van der Waals surface area contributed by atoms with Crippen molar-refractivity contribution in [3.63, 3.8) is 0 Å². The third kappa shape index (κ3) is 1.60. The van der Waals surface area contributed by atoms with Crippen LogP contribution in [0.25, 0.3) is 11.5 Å². The predicted molar refractivity (Wildman–Crippen MR) is 54.5 cm³/mol. The summed E-state index contributed by atoms with van der Waals surface area (Å²) < 4.78 is 11.2. The van der Waals surface area contributed by atoms with Crippen LogP contribution in [0.1, 0.15) is 11.5 Å². The van der Waals surface area contributed by atoms with Crippen LogP contribution >= 0.6 is 15.9 Å². The minimum atomic E-state index is 0.359. The van der Waals surface area contributed by atoms with Crippen molar-refractivity contribution in [1.29, 1.82) is 0 Å². The SMILES string of the molecule is Cc1nc(-c2coc(Br)c2)oc1CN. The maximum absolute atomic E-state index is 5.48. The first kappa shape index (κ1) is 9.48. The minimum absolute atomic E-state index is 0.359. The highest BCUT2D eigenvalue weighted by Crippen LogP contribution is 2.25. The predicted octanol–water partition coefficient (Wildman–Crippen LogP) is 2.46. The third-order valence-electron chi connectivity index (χ3n) is 1.89. The Morgan fingerprint density at radius 1 is 1.57 bits per heavy atom. The second-order valence-electron chi connectivity index (χ2n) is 2.87. The number of nitrogens with zero attached hydrogens (tertiary/aromatic N) is 1. The Kier molecular flexibility index (Phi) is 2.43. The maximum atomic E-state index is 5.48. The fourth-order valence-electron chi connectivity index (χ4n) is 1.16. The molecule has 2 heterocycles. The van der Waals surface area contributed by atoms with Crippen molar-refractivity contribution in [1.82, 2.24) is 4.98 Å². The van der Waals surface area contributed by atoms with Crippen LogP contribution in [0.3, 0.4) is 0 Å². The van der Waals surface area contributed by atoms with Gasteiger partial charge in [0.05, 0.1) is 17.8 Å². The molecule has 0 atom stereocenters. The molecule has 0 radical (unpaired) electrons. The molecule has 0 unspecified atom stereocenters. The fraction of sp³-hybridized carbons (Fsp3) is 0.222. The molecular formula is C9H9BrN2O2. The van der Waals surface area contributed by atoms with Gasteiger partial charge in [0.2, 0.25) is 5.89 Å². The number of furan rings is 1. The molecule has 0 spiro atoms. The molecule has 2 aromatic rings. The van der Waals surface area contributed by atoms with E-state index in [1.54, 1.807) is 12.3 Å². The molecule has 0 fully saturated rings. The van der Waals surface area contributed by atoms with Crippen LogP contribution in [0.2, 0.25) is 0 Å². The van der Waals surface area contributed by atoms with E-state index in [4.69, 9.17) is 14.6 Å². The first-order valence-corrected chi connectivity index (χ1v) is 4.91. The Hall–Kier alpha value is -1.07. The Labute approximate surface area is 89.2 Å². The monoisotopic (exact) mass is 256 g/mol. The van der Waals surface area contributed by atoms with Gasteiger partial charge in [0.1, 0.15) is 12.0 Å². The van der Waals surface area contributed by atoms with E-state index in [0.29, 0.717) is 22.9 Å². The lowest BCUT2D eigenvalue weighted by Crippen LogP contribution is -1.95. The molecule has 4 nitrogen and oxygen atoms in total. The van der Waals surface area contributed by atoms with E-state index < -0.39 is 0 Å².